The zero-order valence-corrected chi connectivity index (χ0v) is 10.4. The van der Waals surface area contributed by atoms with Crippen molar-refractivity contribution in [1.82, 2.24) is 4.90 Å². The van der Waals surface area contributed by atoms with Crippen molar-refractivity contribution in [3.63, 3.8) is 0 Å². The molecule has 0 aromatic heterocycles. The molecule has 1 aromatic rings. The molecule has 1 heterocycles. The topological polar surface area (TPSA) is 75.6 Å². The third-order valence-corrected chi connectivity index (χ3v) is 3.17. The van der Waals surface area contributed by atoms with Crippen LogP contribution in [-0.4, -0.2) is 39.8 Å². The van der Waals surface area contributed by atoms with Gasteiger partial charge in [-0.25, -0.2) is 0 Å². The number of anilines is 1. The number of hydrogen-bond donors (Lipinski definition) is 2. The van der Waals surface area contributed by atoms with Crippen molar-refractivity contribution in [2.24, 2.45) is 0 Å². The van der Waals surface area contributed by atoms with Gasteiger partial charge in [0.1, 0.15) is 0 Å². The molecule has 1 aliphatic rings. The number of carbonyl (C=O) groups excluding carboxylic acids is 1. The van der Waals surface area contributed by atoms with Crippen molar-refractivity contribution in [2.75, 3.05) is 11.9 Å². The van der Waals surface area contributed by atoms with Crippen molar-refractivity contribution >= 4 is 29.0 Å². The number of nitrogens with one attached hydrogen (secondary N) is 1. The quantitative estimate of drug-likeness (QED) is 0.707. The van der Waals surface area contributed by atoms with E-state index in [4.69, 9.17) is 12.2 Å². The first-order valence-corrected chi connectivity index (χ1v) is 6.00. The van der Waals surface area contributed by atoms with Gasteiger partial charge in [0, 0.05) is 18.7 Å². The Morgan fingerprint density at radius 1 is 1.44 bits per heavy atom. The number of likely N-dealkylation sites (tertiary alicyclic amines) is 1. The minimum Gasteiger partial charge on any atom is -0.548 e. The summed E-state index contributed by atoms with van der Waals surface area (Å²) in [7, 11) is 0. The van der Waals surface area contributed by atoms with E-state index in [-0.39, 0.29) is 18.1 Å². The Kier molecular flexibility index (Phi) is 3.78. The second-order valence-electron chi connectivity index (χ2n) is 4.17. The fourth-order valence-electron chi connectivity index (χ4n) is 1.98. The fourth-order valence-corrected chi connectivity index (χ4v) is 2.30. The minimum atomic E-state index is -1.22. The lowest BCUT2D eigenvalue weighted by Crippen LogP contribution is -2.48. The summed E-state index contributed by atoms with van der Waals surface area (Å²) in [6.07, 6.45) is -0.553. The third-order valence-electron chi connectivity index (χ3n) is 2.84. The average Bonchev–Trinajstić information content (AvgIpc) is 2.73. The second-order valence-corrected chi connectivity index (χ2v) is 4.56. The summed E-state index contributed by atoms with van der Waals surface area (Å²) in [4.78, 5) is 12.4. The molecule has 1 fully saturated rings. The molecular weight excluding hydrogens is 252 g/mol. The van der Waals surface area contributed by atoms with Gasteiger partial charge in [-0.05, 0) is 24.4 Å². The van der Waals surface area contributed by atoms with Gasteiger partial charge in [-0.3, -0.25) is 0 Å². The van der Waals surface area contributed by atoms with Gasteiger partial charge in [-0.15, -0.1) is 0 Å². The number of carbonyl (C=O) groups is 1. The fraction of sp³-hybridized carbons (Fsp3) is 0.333. The number of thiocarbonyl (C=S) groups is 1. The monoisotopic (exact) mass is 265 g/mol. The smallest absolute Gasteiger partial charge is 0.174 e. The highest BCUT2D eigenvalue weighted by Gasteiger charge is 2.33. The standard InChI is InChI=1S/C12H14N2O3S/c15-9-6-10(11(16)17)14(7-9)12(18)13-8-4-2-1-3-5-8/h1-5,9-10,15H,6-7H2,(H,13,18)(H,16,17)/p-1/t9-,10-/m1/s1. The Hall–Kier alpha value is -1.66. The van der Waals surface area contributed by atoms with E-state index in [9.17, 15) is 15.0 Å². The van der Waals surface area contributed by atoms with Gasteiger partial charge in [0.25, 0.3) is 0 Å². The summed E-state index contributed by atoms with van der Waals surface area (Å²) < 4.78 is 0. The molecule has 1 aromatic carbocycles. The van der Waals surface area contributed by atoms with Crippen LogP contribution in [-0.2, 0) is 4.79 Å². The number of carboxylic acid groups (broad SMARTS) is 1. The lowest BCUT2D eigenvalue weighted by atomic mass is 10.2. The number of β-amino-alcohol motifs (C(OH)–C–C–N with tert-alkyl or cyclic N) is 1. The molecule has 2 atom stereocenters. The predicted molar refractivity (Wildman–Crippen MR) is 68.8 cm³/mol. The van der Waals surface area contributed by atoms with Gasteiger partial charge in [0.2, 0.25) is 0 Å². The summed E-state index contributed by atoms with van der Waals surface area (Å²) in [5.41, 5.74) is 0.779. The van der Waals surface area contributed by atoms with E-state index in [0.717, 1.165) is 5.69 Å². The molecule has 5 nitrogen and oxygen atoms in total. The Morgan fingerprint density at radius 2 is 2.11 bits per heavy atom. The van der Waals surface area contributed by atoms with Gasteiger partial charge < -0.3 is 25.2 Å². The second kappa shape index (κ2) is 5.32. The number of aliphatic carboxylic acids is 1. The Balaban J connectivity index is 2.06. The van der Waals surface area contributed by atoms with Crippen LogP contribution >= 0.6 is 12.2 Å². The van der Waals surface area contributed by atoms with Crippen LogP contribution in [0.3, 0.4) is 0 Å². The molecular formula is C12H13N2O3S-. The molecule has 0 bridgehead atoms. The summed E-state index contributed by atoms with van der Waals surface area (Å²) in [5.74, 6) is -1.22. The Bertz CT molecular complexity index is 452. The maximum atomic E-state index is 11.0. The van der Waals surface area contributed by atoms with E-state index >= 15 is 0 Å². The first-order chi connectivity index (χ1) is 8.58. The predicted octanol–water partition coefficient (Wildman–Crippen LogP) is -0.431. The molecule has 0 radical (unpaired) electrons. The third kappa shape index (κ3) is 2.77. The average molecular weight is 265 g/mol. The highest BCUT2D eigenvalue weighted by Crippen LogP contribution is 2.19. The first-order valence-electron chi connectivity index (χ1n) is 5.59. The summed E-state index contributed by atoms with van der Waals surface area (Å²) in [6.45, 7) is 0.206. The van der Waals surface area contributed by atoms with E-state index in [1.54, 1.807) is 0 Å². The number of nitrogens with zero attached hydrogens (tertiary/aromatic N) is 1. The number of aliphatic hydroxyl groups is 1. The zero-order valence-electron chi connectivity index (χ0n) is 9.57. The number of rotatable bonds is 2. The molecule has 1 saturated heterocycles. The molecule has 0 spiro atoms. The van der Waals surface area contributed by atoms with Gasteiger partial charge in [-0.2, -0.15) is 0 Å². The van der Waals surface area contributed by atoms with E-state index < -0.39 is 18.1 Å². The summed E-state index contributed by atoms with van der Waals surface area (Å²) in [6, 6.07) is 8.35. The number of benzene rings is 1. The first kappa shape index (κ1) is 12.8. The lowest BCUT2D eigenvalue weighted by molar-refractivity contribution is -0.310. The van der Waals surface area contributed by atoms with Gasteiger partial charge in [-0.1, -0.05) is 18.2 Å². The van der Waals surface area contributed by atoms with Gasteiger partial charge >= 0.3 is 0 Å². The molecule has 0 unspecified atom stereocenters. The number of para-hydroxylation sites is 1. The summed E-state index contributed by atoms with van der Waals surface area (Å²) >= 11 is 5.16. The van der Waals surface area contributed by atoms with Crippen molar-refractivity contribution in [2.45, 2.75) is 18.6 Å². The maximum absolute atomic E-state index is 11.0. The van der Waals surface area contributed by atoms with Crippen LogP contribution < -0.4 is 10.4 Å². The molecule has 96 valence electrons. The Morgan fingerprint density at radius 3 is 2.72 bits per heavy atom. The van der Waals surface area contributed by atoms with Crippen molar-refractivity contribution in [3.05, 3.63) is 30.3 Å². The van der Waals surface area contributed by atoms with Crippen LogP contribution in [0.5, 0.6) is 0 Å². The zero-order chi connectivity index (χ0) is 13.1. The molecule has 18 heavy (non-hydrogen) atoms. The van der Waals surface area contributed by atoms with E-state index in [2.05, 4.69) is 5.32 Å². The molecule has 0 saturated carbocycles. The highest BCUT2D eigenvalue weighted by molar-refractivity contribution is 7.80. The number of carboxylic acids is 1. The highest BCUT2D eigenvalue weighted by atomic mass is 32.1. The van der Waals surface area contributed by atoms with Crippen LogP contribution in [0.2, 0.25) is 0 Å². The van der Waals surface area contributed by atoms with E-state index in [0.29, 0.717) is 0 Å². The van der Waals surface area contributed by atoms with E-state index in [1.165, 1.54) is 4.90 Å². The molecule has 2 N–H and O–H groups in total. The maximum Gasteiger partial charge on any atom is 0.174 e. The van der Waals surface area contributed by atoms with Crippen LogP contribution in [0.1, 0.15) is 6.42 Å². The molecule has 0 aliphatic carbocycles. The van der Waals surface area contributed by atoms with Crippen molar-refractivity contribution in [3.8, 4) is 0 Å². The van der Waals surface area contributed by atoms with Crippen molar-refractivity contribution in [1.29, 1.82) is 0 Å². The molecule has 2 rings (SSSR count). The van der Waals surface area contributed by atoms with Crippen LogP contribution in [0.15, 0.2) is 30.3 Å². The van der Waals surface area contributed by atoms with Crippen LogP contribution in [0.25, 0.3) is 0 Å². The largest absolute Gasteiger partial charge is 0.548 e. The number of hydrogen-bond acceptors (Lipinski definition) is 4. The van der Waals surface area contributed by atoms with E-state index in [1.807, 2.05) is 30.3 Å². The SMILES string of the molecule is O=C([O-])[C@H]1C[C@@H](O)CN1C(=S)Nc1ccccc1. The lowest BCUT2D eigenvalue weighted by Gasteiger charge is -2.27. The van der Waals surface area contributed by atoms with Crippen molar-refractivity contribution < 1.29 is 15.0 Å². The Labute approximate surface area is 110 Å². The molecule has 0 amide bonds. The van der Waals surface area contributed by atoms with Crippen LogP contribution in [0, 0.1) is 0 Å². The molecule has 6 heteroatoms. The number of aliphatic hydroxyl groups excluding tert-OH is 1. The van der Waals surface area contributed by atoms with Gasteiger partial charge in [0.15, 0.2) is 5.11 Å². The van der Waals surface area contributed by atoms with Gasteiger partial charge in [0.05, 0.1) is 18.1 Å². The van der Waals surface area contributed by atoms with Crippen LogP contribution in [0.4, 0.5) is 5.69 Å². The minimum absolute atomic E-state index is 0.138. The normalized spacial score (nSPS) is 22.8. The molecule has 1 aliphatic heterocycles. The summed E-state index contributed by atoms with van der Waals surface area (Å²) in [5, 5.41) is 23.7.